The topological polar surface area (TPSA) is 58.4 Å². The number of benzene rings is 1. The quantitative estimate of drug-likeness (QED) is 0.436. The van der Waals surface area contributed by atoms with E-state index < -0.39 is 0 Å². The molecule has 0 fully saturated rings. The van der Waals surface area contributed by atoms with Crippen LogP contribution in [0.5, 0.6) is 0 Å². The molecule has 0 aliphatic heterocycles. The lowest BCUT2D eigenvalue weighted by atomic mass is 10.2. The van der Waals surface area contributed by atoms with Gasteiger partial charge in [0.1, 0.15) is 0 Å². The molecule has 0 heterocycles. The van der Waals surface area contributed by atoms with E-state index >= 15 is 0 Å². The van der Waals surface area contributed by atoms with E-state index in [1.54, 1.807) is 12.1 Å². The van der Waals surface area contributed by atoms with Gasteiger partial charge in [-0.25, -0.2) is 0 Å². The second-order valence-corrected chi connectivity index (χ2v) is 4.15. The van der Waals surface area contributed by atoms with Gasteiger partial charge in [-0.1, -0.05) is 26.0 Å². The highest BCUT2D eigenvalue weighted by molar-refractivity contribution is 5.32. The maximum atomic E-state index is 10.6. The Bertz CT molecular complexity index is 365. The molecule has 5 heteroatoms. The van der Waals surface area contributed by atoms with Crippen LogP contribution in [0.1, 0.15) is 19.4 Å². The van der Waals surface area contributed by atoms with Crippen LogP contribution in [0.15, 0.2) is 24.3 Å². The van der Waals surface area contributed by atoms with Crippen LogP contribution in [-0.2, 0) is 6.54 Å². The van der Waals surface area contributed by atoms with Crippen LogP contribution in [0.3, 0.4) is 0 Å². The molecule has 5 nitrogen and oxygen atoms in total. The zero-order valence-corrected chi connectivity index (χ0v) is 11.1. The summed E-state index contributed by atoms with van der Waals surface area (Å²) in [5.41, 5.74) is 1.26. The molecule has 0 saturated carbocycles. The minimum atomic E-state index is -0.369. The third kappa shape index (κ3) is 4.81. The van der Waals surface area contributed by atoms with Gasteiger partial charge in [-0.2, -0.15) is 0 Å². The Morgan fingerprint density at radius 2 is 1.94 bits per heavy atom. The normalized spacial score (nSPS) is 10.8. The molecule has 0 amide bonds. The van der Waals surface area contributed by atoms with Gasteiger partial charge in [0.05, 0.1) is 4.92 Å². The first-order valence-corrected chi connectivity index (χ1v) is 6.33. The number of hydrogen-bond acceptors (Lipinski definition) is 4. The van der Waals surface area contributed by atoms with Gasteiger partial charge in [0.2, 0.25) is 0 Å². The summed E-state index contributed by atoms with van der Waals surface area (Å²) in [6.45, 7) is 8.96. The minimum Gasteiger partial charge on any atom is -0.316 e. The lowest BCUT2D eigenvalue weighted by Crippen LogP contribution is -2.31. The first-order valence-electron chi connectivity index (χ1n) is 6.33. The molecule has 18 heavy (non-hydrogen) atoms. The fraction of sp³-hybridized carbons (Fsp3) is 0.538. The second kappa shape index (κ2) is 7.79. The Morgan fingerprint density at radius 1 is 1.28 bits per heavy atom. The Kier molecular flexibility index (Phi) is 6.32. The Hall–Kier alpha value is -1.46. The molecule has 0 aliphatic carbocycles. The molecule has 0 bridgehead atoms. The summed E-state index contributed by atoms with van der Waals surface area (Å²) in [5.74, 6) is 0. The van der Waals surface area contributed by atoms with Gasteiger partial charge in [0.15, 0.2) is 0 Å². The summed E-state index contributed by atoms with van der Waals surface area (Å²) in [6, 6.07) is 6.78. The second-order valence-electron chi connectivity index (χ2n) is 4.15. The fourth-order valence-electron chi connectivity index (χ4n) is 1.74. The molecule has 100 valence electrons. The van der Waals surface area contributed by atoms with Crippen LogP contribution < -0.4 is 5.32 Å². The zero-order chi connectivity index (χ0) is 13.4. The van der Waals surface area contributed by atoms with E-state index in [4.69, 9.17) is 0 Å². The lowest BCUT2D eigenvalue weighted by molar-refractivity contribution is -0.384. The molecular weight excluding hydrogens is 230 g/mol. The number of nitro benzene ring substituents is 1. The molecule has 1 aromatic rings. The van der Waals surface area contributed by atoms with Gasteiger partial charge in [-0.05, 0) is 18.7 Å². The fourth-order valence-corrected chi connectivity index (χ4v) is 1.74. The summed E-state index contributed by atoms with van der Waals surface area (Å²) in [6.07, 6.45) is 0. The number of rotatable bonds is 8. The van der Waals surface area contributed by atoms with Crippen molar-refractivity contribution in [2.24, 2.45) is 0 Å². The maximum Gasteiger partial charge on any atom is 0.269 e. The molecule has 0 saturated heterocycles. The summed E-state index contributed by atoms with van der Waals surface area (Å²) in [4.78, 5) is 12.5. The van der Waals surface area contributed by atoms with E-state index in [0.29, 0.717) is 0 Å². The monoisotopic (exact) mass is 251 g/mol. The first kappa shape index (κ1) is 14.6. The lowest BCUT2D eigenvalue weighted by Gasteiger charge is -2.20. The molecule has 0 aliphatic rings. The van der Waals surface area contributed by atoms with Gasteiger partial charge >= 0.3 is 0 Å². The van der Waals surface area contributed by atoms with Gasteiger partial charge in [0, 0.05) is 31.8 Å². The van der Waals surface area contributed by atoms with Crippen molar-refractivity contribution in [1.29, 1.82) is 0 Å². The Balaban J connectivity index is 2.50. The number of likely N-dealkylation sites (N-methyl/N-ethyl adjacent to an activating group) is 2. The van der Waals surface area contributed by atoms with Gasteiger partial charge in [0.25, 0.3) is 5.69 Å². The number of nitrogens with one attached hydrogen (secondary N) is 1. The average Bonchev–Trinajstić information content (AvgIpc) is 2.38. The van der Waals surface area contributed by atoms with Crippen molar-refractivity contribution < 1.29 is 4.92 Å². The number of hydrogen-bond donors (Lipinski definition) is 1. The largest absolute Gasteiger partial charge is 0.316 e. The van der Waals surface area contributed by atoms with Crippen LogP contribution in [0.4, 0.5) is 5.69 Å². The van der Waals surface area contributed by atoms with E-state index in [-0.39, 0.29) is 10.6 Å². The third-order valence-corrected chi connectivity index (χ3v) is 2.86. The van der Waals surface area contributed by atoms with Gasteiger partial charge < -0.3 is 5.32 Å². The average molecular weight is 251 g/mol. The molecule has 1 aromatic carbocycles. The van der Waals surface area contributed by atoms with Crippen molar-refractivity contribution in [1.82, 2.24) is 10.2 Å². The standard InChI is InChI=1S/C13H21N3O2/c1-3-14-9-10-15(4-2)11-12-5-7-13(8-6-12)16(17)18/h5-8,14H,3-4,9-11H2,1-2H3. The zero-order valence-electron chi connectivity index (χ0n) is 11.1. The summed E-state index contributed by atoms with van der Waals surface area (Å²) >= 11 is 0. The number of nitrogens with zero attached hydrogens (tertiary/aromatic N) is 2. The molecule has 0 aromatic heterocycles. The maximum absolute atomic E-state index is 10.6. The van der Waals surface area contributed by atoms with E-state index in [1.165, 1.54) is 0 Å². The smallest absolute Gasteiger partial charge is 0.269 e. The van der Waals surface area contributed by atoms with Gasteiger partial charge in [-0.3, -0.25) is 15.0 Å². The highest BCUT2D eigenvalue weighted by Gasteiger charge is 2.06. The number of nitro groups is 1. The highest BCUT2D eigenvalue weighted by atomic mass is 16.6. The molecule has 0 atom stereocenters. The van der Waals surface area contributed by atoms with Crippen molar-refractivity contribution in [2.75, 3.05) is 26.2 Å². The van der Waals surface area contributed by atoms with E-state index in [2.05, 4.69) is 24.1 Å². The molecule has 0 spiro atoms. The summed E-state index contributed by atoms with van der Waals surface area (Å²) in [5, 5.41) is 13.8. The predicted molar refractivity (Wildman–Crippen MR) is 72.6 cm³/mol. The van der Waals surface area contributed by atoms with Crippen molar-refractivity contribution >= 4 is 5.69 Å². The van der Waals surface area contributed by atoms with Crippen LogP contribution in [-0.4, -0.2) is 36.0 Å². The van der Waals surface area contributed by atoms with Gasteiger partial charge in [-0.15, -0.1) is 0 Å². The minimum absolute atomic E-state index is 0.148. The van der Waals surface area contributed by atoms with Crippen LogP contribution in [0.25, 0.3) is 0 Å². The van der Waals surface area contributed by atoms with Crippen molar-refractivity contribution in [2.45, 2.75) is 20.4 Å². The molecule has 1 rings (SSSR count). The van der Waals surface area contributed by atoms with Crippen molar-refractivity contribution in [3.63, 3.8) is 0 Å². The van der Waals surface area contributed by atoms with Crippen molar-refractivity contribution in [3.05, 3.63) is 39.9 Å². The first-order chi connectivity index (χ1) is 8.67. The Morgan fingerprint density at radius 3 is 2.44 bits per heavy atom. The predicted octanol–water partition coefficient (Wildman–Crippen LogP) is 2.03. The van der Waals surface area contributed by atoms with Crippen LogP contribution in [0, 0.1) is 10.1 Å². The SMILES string of the molecule is CCNCCN(CC)Cc1ccc([N+](=O)[O-])cc1. The Labute approximate surface area is 108 Å². The molecule has 0 radical (unpaired) electrons. The van der Waals surface area contributed by atoms with Crippen LogP contribution >= 0.6 is 0 Å². The third-order valence-electron chi connectivity index (χ3n) is 2.86. The molecule has 1 N–H and O–H groups in total. The van der Waals surface area contributed by atoms with E-state index in [1.807, 2.05) is 12.1 Å². The summed E-state index contributed by atoms with van der Waals surface area (Å²) < 4.78 is 0. The van der Waals surface area contributed by atoms with E-state index in [0.717, 1.165) is 38.3 Å². The molecule has 0 unspecified atom stereocenters. The summed E-state index contributed by atoms with van der Waals surface area (Å²) in [7, 11) is 0. The molecular formula is C13H21N3O2. The highest BCUT2D eigenvalue weighted by Crippen LogP contribution is 2.13. The van der Waals surface area contributed by atoms with E-state index in [9.17, 15) is 10.1 Å². The van der Waals surface area contributed by atoms with Crippen molar-refractivity contribution in [3.8, 4) is 0 Å². The number of non-ortho nitro benzene ring substituents is 1. The van der Waals surface area contributed by atoms with Crippen LogP contribution in [0.2, 0.25) is 0 Å².